The van der Waals surface area contributed by atoms with Gasteiger partial charge in [-0.05, 0) is 104 Å². The molecule has 4 nitrogen and oxygen atoms in total. The van der Waals surface area contributed by atoms with Gasteiger partial charge in [-0.3, -0.25) is 14.8 Å². The molecule has 0 saturated carbocycles. The predicted molar refractivity (Wildman–Crippen MR) is 149 cm³/mol. The Kier molecular flexibility index (Phi) is 7.61. The molecule has 0 radical (unpaired) electrons. The molecule has 36 heavy (non-hydrogen) atoms. The van der Waals surface area contributed by atoms with Crippen LogP contribution in [0.3, 0.4) is 0 Å². The lowest BCUT2D eigenvalue weighted by atomic mass is 10.0. The van der Waals surface area contributed by atoms with Gasteiger partial charge in [-0.1, -0.05) is 47.5 Å². The Labute approximate surface area is 236 Å². The highest BCUT2D eigenvalue weighted by atomic mass is 79.9. The first-order valence-electron chi connectivity index (χ1n) is 11.4. The van der Waals surface area contributed by atoms with E-state index in [0.717, 1.165) is 62.4 Å². The Bertz CT molecular complexity index is 1490. The average Bonchev–Trinajstić information content (AvgIpc) is 3.09. The van der Waals surface area contributed by atoms with Crippen LogP contribution in [-0.4, -0.2) is 20.9 Å². The van der Waals surface area contributed by atoms with Gasteiger partial charge in [0.1, 0.15) is 11.8 Å². The molecule has 2 aliphatic rings. The molecule has 2 aromatic carbocycles. The third kappa shape index (κ3) is 5.02. The van der Waals surface area contributed by atoms with Crippen LogP contribution < -0.4 is 0 Å². The first-order chi connectivity index (χ1) is 17.3. The molecular weight excluding hydrogens is 627 g/mol. The van der Waals surface area contributed by atoms with Gasteiger partial charge in [0.2, 0.25) is 5.78 Å². The average molecular weight is 647 g/mol. The van der Waals surface area contributed by atoms with Gasteiger partial charge in [0.15, 0.2) is 0 Å². The third-order valence-corrected chi connectivity index (χ3v) is 7.96. The predicted octanol–water partition coefficient (Wildman–Crippen LogP) is 7.50. The molecule has 6 rings (SSSR count). The normalized spacial score (nSPS) is 15.8. The topological polar surface area (TPSA) is 63.1 Å². The number of pyridine rings is 2. The first-order valence-corrected chi connectivity index (χ1v) is 13.7. The van der Waals surface area contributed by atoms with Crippen LogP contribution in [-0.2, 0) is 25.7 Å². The van der Waals surface area contributed by atoms with E-state index in [1.807, 2.05) is 42.5 Å². The fourth-order valence-corrected chi connectivity index (χ4v) is 6.08. The van der Waals surface area contributed by atoms with Gasteiger partial charge in [0.05, 0.1) is 10.7 Å². The molecule has 0 amide bonds. The number of aliphatic hydroxyl groups excluding tert-OH is 1. The van der Waals surface area contributed by atoms with Crippen molar-refractivity contribution in [3.05, 3.63) is 125 Å². The highest BCUT2D eigenvalue weighted by Crippen LogP contribution is 2.36. The van der Waals surface area contributed by atoms with E-state index < -0.39 is 6.10 Å². The fourth-order valence-electron chi connectivity index (χ4n) is 4.75. The molecule has 1 N–H and O–H groups in total. The summed E-state index contributed by atoms with van der Waals surface area (Å²) < 4.78 is 1.83. The van der Waals surface area contributed by atoms with Crippen molar-refractivity contribution in [2.45, 2.75) is 31.8 Å². The Morgan fingerprint density at radius 3 is 2.14 bits per heavy atom. The van der Waals surface area contributed by atoms with Gasteiger partial charge in [0, 0.05) is 37.5 Å². The van der Waals surface area contributed by atoms with E-state index in [1.165, 1.54) is 0 Å². The van der Waals surface area contributed by atoms with Gasteiger partial charge in [0.25, 0.3) is 0 Å². The van der Waals surface area contributed by atoms with Crippen LogP contribution in [0.2, 0.25) is 10.0 Å². The monoisotopic (exact) mass is 644 g/mol. The maximum Gasteiger partial charge on any atom is 0.213 e. The van der Waals surface area contributed by atoms with Crippen molar-refractivity contribution in [2.75, 3.05) is 0 Å². The number of carbonyl (C=O) groups excluding carboxylic acids is 1. The van der Waals surface area contributed by atoms with Gasteiger partial charge < -0.3 is 5.11 Å². The number of aromatic nitrogens is 2. The smallest absolute Gasteiger partial charge is 0.213 e. The van der Waals surface area contributed by atoms with E-state index in [9.17, 15) is 9.90 Å². The number of aliphatic hydroxyl groups is 1. The second kappa shape index (κ2) is 10.7. The lowest BCUT2D eigenvalue weighted by Crippen LogP contribution is -2.07. The minimum atomic E-state index is -0.737. The zero-order valence-electron chi connectivity index (χ0n) is 18.9. The van der Waals surface area contributed by atoms with E-state index in [2.05, 4.69) is 41.8 Å². The summed E-state index contributed by atoms with van der Waals surface area (Å²) in [6.07, 6.45) is 5.99. The van der Waals surface area contributed by atoms with Crippen molar-refractivity contribution in [1.29, 1.82) is 0 Å². The van der Waals surface area contributed by atoms with Crippen LogP contribution in [0.25, 0.3) is 0 Å². The molecule has 182 valence electrons. The van der Waals surface area contributed by atoms with Crippen LogP contribution in [0, 0.1) is 0 Å². The number of nitrogens with zero attached hydrogens (tertiary/aromatic N) is 2. The second-order valence-electron chi connectivity index (χ2n) is 8.68. The molecule has 8 heteroatoms. The standard InChI is InChI=1S/C14H11BrClNO.C14H9BrClNO/c2*15-10-6-9-5-4-8-2-1-3-11(16)12(8)14(18)13(9)17-7-10/h1-3,6-7,14,18H,4-5H2;1-3,6-7H,4-5H2. The Balaban J connectivity index is 0.000000148. The molecule has 0 saturated heterocycles. The summed E-state index contributed by atoms with van der Waals surface area (Å²) in [6.45, 7) is 0. The minimum absolute atomic E-state index is 0.0735. The van der Waals surface area contributed by atoms with Gasteiger partial charge in [-0.25, -0.2) is 0 Å². The first kappa shape index (κ1) is 25.6. The summed E-state index contributed by atoms with van der Waals surface area (Å²) in [5.41, 5.74) is 6.78. The molecule has 2 aliphatic carbocycles. The fraction of sp³-hybridized carbons (Fsp3) is 0.179. The summed E-state index contributed by atoms with van der Waals surface area (Å²) in [5, 5.41) is 11.6. The number of aryl methyl sites for hydroxylation is 4. The van der Waals surface area contributed by atoms with E-state index in [0.29, 0.717) is 27.0 Å². The maximum absolute atomic E-state index is 12.5. The minimum Gasteiger partial charge on any atom is -0.382 e. The highest BCUT2D eigenvalue weighted by Gasteiger charge is 2.26. The van der Waals surface area contributed by atoms with Crippen LogP contribution >= 0.6 is 55.1 Å². The summed E-state index contributed by atoms with van der Waals surface area (Å²) in [6, 6.07) is 15.3. The van der Waals surface area contributed by atoms with Crippen LogP contribution in [0.5, 0.6) is 0 Å². The van der Waals surface area contributed by atoms with Gasteiger partial charge in [-0.15, -0.1) is 0 Å². The molecule has 0 spiro atoms. The van der Waals surface area contributed by atoms with Crippen molar-refractivity contribution < 1.29 is 9.90 Å². The van der Waals surface area contributed by atoms with E-state index in [-0.39, 0.29) is 5.78 Å². The van der Waals surface area contributed by atoms with Gasteiger partial charge >= 0.3 is 0 Å². The summed E-state index contributed by atoms with van der Waals surface area (Å²) >= 11 is 19.2. The molecule has 1 unspecified atom stereocenters. The largest absolute Gasteiger partial charge is 0.382 e. The zero-order chi connectivity index (χ0) is 25.4. The quantitative estimate of drug-likeness (QED) is 0.215. The number of rotatable bonds is 0. The van der Waals surface area contributed by atoms with Crippen molar-refractivity contribution in [1.82, 2.24) is 9.97 Å². The van der Waals surface area contributed by atoms with Crippen molar-refractivity contribution >= 4 is 60.8 Å². The van der Waals surface area contributed by atoms with Crippen molar-refractivity contribution in [3.63, 3.8) is 0 Å². The van der Waals surface area contributed by atoms with E-state index in [4.69, 9.17) is 23.2 Å². The number of hydrogen-bond acceptors (Lipinski definition) is 4. The Hall–Kier alpha value is -2.09. The zero-order valence-corrected chi connectivity index (χ0v) is 23.6. The molecule has 2 heterocycles. The lowest BCUT2D eigenvalue weighted by Gasteiger charge is -2.14. The third-order valence-electron chi connectivity index (χ3n) is 6.45. The summed E-state index contributed by atoms with van der Waals surface area (Å²) in [7, 11) is 0. The summed E-state index contributed by atoms with van der Waals surface area (Å²) in [4.78, 5) is 21.1. The van der Waals surface area contributed by atoms with Gasteiger partial charge in [-0.2, -0.15) is 0 Å². The summed E-state index contributed by atoms with van der Waals surface area (Å²) in [5.74, 6) is -0.0735. The van der Waals surface area contributed by atoms with Crippen LogP contribution in [0.1, 0.15) is 55.7 Å². The number of ketones is 1. The molecule has 0 aliphatic heterocycles. The number of fused-ring (bicyclic) bond motifs is 4. The molecule has 0 bridgehead atoms. The molecular formula is C28H20Br2Cl2N2O2. The van der Waals surface area contributed by atoms with Crippen LogP contribution in [0.15, 0.2) is 69.9 Å². The molecule has 1 atom stereocenters. The highest BCUT2D eigenvalue weighted by molar-refractivity contribution is 9.10. The number of hydrogen-bond donors (Lipinski definition) is 1. The Morgan fingerprint density at radius 1 is 0.778 bits per heavy atom. The molecule has 0 fully saturated rings. The van der Waals surface area contributed by atoms with Crippen molar-refractivity contribution in [2.24, 2.45) is 0 Å². The van der Waals surface area contributed by atoms with E-state index in [1.54, 1.807) is 18.5 Å². The number of benzene rings is 2. The molecule has 2 aromatic heterocycles. The Morgan fingerprint density at radius 2 is 1.36 bits per heavy atom. The second-order valence-corrected chi connectivity index (χ2v) is 11.3. The van der Waals surface area contributed by atoms with E-state index >= 15 is 0 Å². The molecule has 4 aromatic rings. The SMILES string of the molecule is O=C1c2ncc(Br)cc2CCc2cccc(Cl)c21.OC1c2ncc(Br)cc2CCc2cccc(Cl)c21. The number of halogens is 4. The van der Waals surface area contributed by atoms with Crippen LogP contribution in [0.4, 0.5) is 0 Å². The lowest BCUT2D eigenvalue weighted by molar-refractivity contribution is 0.103. The number of carbonyl (C=O) groups is 1. The van der Waals surface area contributed by atoms with Crippen molar-refractivity contribution in [3.8, 4) is 0 Å². The maximum atomic E-state index is 12.5.